The number of hydrogen-bond donors (Lipinski definition) is 0. The molecule has 1 aliphatic rings. The van der Waals surface area contributed by atoms with Crippen molar-refractivity contribution in [2.24, 2.45) is 0 Å². The van der Waals surface area contributed by atoms with Crippen LogP contribution in [0.4, 0.5) is 0 Å². The molecule has 0 aliphatic carbocycles. The molecule has 1 saturated heterocycles. The number of rotatable bonds is 4. The van der Waals surface area contributed by atoms with E-state index in [0.717, 1.165) is 13.2 Å². The first-order valence-electron chi connectivity index (χ1n) is 8.60. The van der Waals surface area contributed by atoms with Crippen LogP contribution in [0.2, 0.25) is 0 Å². The molecule has 1 heterocycles. The van der Waals surface area contributed by atoms with Crippen molar-refractivity contribution in [3.63, 3.8) is 0 Å². The molecular weight excluding hydrogens is 280 g/mol. The Labute approximate surface area is 140 Å². The summed E-state index contributed by atoms with van der Waals surface area (Å²) >= 11 is 0. The largest absolute Gasteiger partial charge is 0.279 e. The Kier molecular flexibility index (Phi) is 4.56. The summed E-state index contributed by atoms with van der Waals surface area (Å²) in [4.78, 5) is 5.23. The van der Waals surface area contributed by atoms with Crippen molar-refractivity contribution in [1.29, 1.82) is 0 Å². The summed E-state index contributed by atoms with van der Waals surface area (Å²) in [7, 11) is 0. The zero-order valence-electron chi connectivity index (χ0n) is 14.7. The molecule has 0 N–H and O–H groups in total. The molecule has 3 rings (SSSR count). The molecule has 1 aliphatic heterocycles. The summed E-state index contributed by atoms with van der Waals surface area (Å²) in [6.07, 6.45) is 0. The maximum absolute atomic E-state index is 2.62. The highest BCUT2D eigenvalue weighted by Gasteiger charge is 2.47. The van der Waals surface area contributed by atoms with Gasteiger partial charge in [-0.3, -0.25) is 9.80 Å². The summed E-state index contributed by atoms with van der Waals surface area (Å²) in [6, 6.07) is 22.7. The normalized spacial score (nSPS) is 21.9. The van der Waals surface area contributed by atoms with Crippen molar-refractivity contribution in [3.05, 3.63) is 71.8 Å². The predicted octanol–water partition coefficient (Wildman–Crippen LogP) is 4.69. The topological polar surface area (TPSA) is 6.48 Å². The van der Waals surface area contributed by atoms with Crippen molar-refractivity contribution < 1.29 is 0 Å². The second-order valence-electron chi connectivity index (χ2n) is 7.40. The zero-order valence-corrected chi connectivity index (χ0v) is 14.7. The van der Waals surface area contributed by atoms with Crippen molar-refractivity contribution in [1.82, 2.24) is 9.80 Å². The Morgan fingerprint density at radius 3 is 2.09 bits per heavy atom. The van der Waals surface area contributed by atoms with Crippen LogP contribution >= 0.6 is 0 Å². The molecule has 2 aromatic carbocycles. The molecule has 0 radical (unpaired) electrons. The lowest BCUT2D eigenvalue weighted by atomic mass is 9.87. The lowest BCUT2D eigenvalue weighted by molar-refractivity contribution is 0.153. The Balaban J connectivity index is 1.92. The fourth-order valence-corrected chi connectivity index (χ4v) is 3.79. The highest BCUT2D eigenvalue weighted by molar-refractivity contribution is 5.25. The van der Waals surface area contributed by atoms with E-state index >= 15 is 0 Å². The van der Waals surface area contributed by atoms with Gasteiger partial charge in [0.25, 0.3) is 0 Å². The minimum absolute atomic E-state index is 0.0987. The maximum Gasteiger partial charge on any atom is 0.0542 e. The maximum atomic E-state index is 2.62. The first-order chi connectivity index (χ1) is 11.0. The summed E-state index contributed by atoms with van der Waals surface area (Å²) in [5, 5.41) is 0. The minimum Gasteiger partial charge on any atom is -0.279 e. The van der Waals surface area contributed by atoms with E-state index in [1.54, 1.807) is 0 Å². The summed E-state index contributed by atoms with van der Waals surface area (Å²) in [5.41, 5.74) is 2.90. The first kappa shape index (κ1) is 16.2. The van der Waals surface area contributed by atoms with Gasteiger partial charge in [-0.25, -0.2) is 0 Å². The highest BCUT2D eigenvalue weighted by Crippen LogP contribution is 2.43. The van der Waals surface area contributed by atoms with E-state index in [9.17, 15) is 0 Å². The molecule has 0 aromatic heterocycles. The van der Waals surface area contributed by atoms with Crippen molar-refractivity contribution >= 4 is 0 Å². The van der Waals surface area contributed by atoms with Gasteiger partial charge in [-0.15, -0.1) is 0 Å². The molecule has 2 nitrogen and oxygen atoms in total. The van der Waals surface area contributed by atoms with Crippen LogP contribution in [-0.2, 0) is 6.54 Å². The molecule has 0 bridgehead atoms. The average molecular weight is 308 g/mol. The Morgan fingerprint density at radius 1 is 0.957 bits per heavy atom. The Hall–Kier alpha value is -1.64. The predicted molar refractivity (Wildman–Crippen MR) is 97.1 cm³/mol. The van der Waals surface area contributed by atoms with E-state index in [-0.39, 0.29) is 5.54 Å². The van der Waals surface area contributed by atoms with Gasteiger partial charge in [-0.2, -0.15) is 0 Å². The van der Waals surface area contributed by atoms with Crippen molar-refractivity contribution in [3.8, 4) is 0 Å². The fourth-order valence-electron chi connectivity index (χ4n) is 3.79. The van der Waals surface area contributed by atoms with Crippen LogP contribution in [0.15, 0.2) is 60.7 Å². The minimum atomic E-state index is 0.0987. The third-order valence-corrected chi connectivity index (χ3v) is 5.14. The van der Waals surface area contributed by atoms with Gasteiger partial charge in [0, 0.05) is 18.1 Å². The molecule has 1 fully saturated rings. The first-order valence-corrected chi connectivity index (χ1v) is 8.60. The zero-order chi connectivity index (χ0) is 16.4. The standard InChI is InChI=1S/C21H28N2/c1-17(2)23-16-22(15-18-11-7-5-8-12-18)21(3,4)20(23)19-13-9-6-10-14-19/h5-14,17,20H,15-16H2,1-4H3. The number of hydrogen-bond acceptors (Lipinski definition) is 2. The molecule has 2 aromatic rings. The van der Waals surface area contributed by atoms with E-state index in [1.807, 2.05) is 0 Å². The van der Waals surface area contributed by atoms with Crippen LogP contribution in [0.25, 0.3) is 0 Å². The van der Waals surface area contributed by atoms with Gasteiger partial charge >= 0.3 is 0 Å². The van der Waals surface area contributed by atoms with Crippen LogP contribution in [-0.4, -0.2) is 28.0 Å². The summed E-state index contributed by atoms with van der Waals surface area (Å²) in [5.74, 6) is 0. The molecule has 1 atom stereocenters. The molecule has 0 saturated carbocycles. The number of nitrogens with zero attached hydrogens (tertiary/aromatic N) is 2. The molecular formula is C21H28N2. The second-order valence-corrected chi connectivity index (χ2v) is 7.40. The van der Waals surface area contributed by atoms with E-state index < -0.39 is 0 Å². The lowest BCUT2D eigenvalue weighted by Gasteiger charge is -2.37. The fraction of sp³-hybridized carbons (Fsp3) is 0.429. The SMILES string of the molecule is CC(C)N1CN(Cc2ccccc2)C(C)(C)C1c1ccccc1. The Morgan fingerprint density at radius 2 is 1.52 bits per heavy atom. The van der Waals surface area contributed by atoms with Gasteiger partial charge < -0.3 is 0 Å². The molecule has 23 heavy (non-hydrogen) atoms. The summed E-state index contributed by atoms with van der Waals surface area (Å²) in [6.45, 7) is 11.4. The molecule has 2 heteroatoms. The van der Waals surface area contributed by atoms with E-state index in [1.165, 1.54) is 11.1 Å². The third kappa shape index (κ3) is 3.19. The van der Waals surface area contributed by atoms with E-state index in [4.69, 9.17) is 0 Å². The molecule has 0 spiro atoms. The van der Waals surface area contributed by atoms with Crippen LogP contribution in [0.5, 0.6) is 0 Å². The quantitative estimate of drug-likeness (QED) is 0.808. The van der Waals surface area contributed by atoms with Gasteiger partial charge in [-0.1, -0.05) is 60.7 Å². The van der Waals surface area contributed by atoms with E-state index in [0.29, 0.717) is 12.1 Å². The van der Waals surface area contributed by atoms with Gasteiger partial charge in [0.15, 0.2) is 0 Å². The average Bonchev–Trinajstić information content (AvgIpc) is 2.80. The lowest BCUT2D eigenvalue weighted by Crippen LogP contribution is -2.41. The van der Waals surface area contributed by atoms with Crippen molar-refractivity contribution in [2.45, 2.75) is 51.9 Å². The Bertz CT molecular complexity index is 619. The number of benzene rings is 2. The van der Waals surface area contributed by atoms with Gasteiger partial charge in [-0.05, 0) is 38.8 Å². The van der Waals surface area contributed by atoms with Crippen LogP contribution in [0.3, 0.4) is 0 Å². The van der Waals surface area contributed by atoms with Crippen molar-refractivity contribution in [2.75, 3.05) is 6.67 Å². The molecule has 122 valence electrons. The van der Waals surface area contributed by atoms with Gasteiger partial charge in [0.05, 0.1) is 12.7 Å². The van der Waals surface area contributed by atoms with Gasteiger partial charge in [0.1, 0.15) is 0 Å². The molecule has 0 amide bonds. The van der Waals surface area contributed by atoms with Gasteiger partial charge in [0.2, 0.25) is 0 Å². The smallest absolute Gasteiger partial charge is 0.0542 e. The third-order valence-electron chi connectivity index (χ3n) is 5.14. The van der Waals surface area contributed by atoms with E-state index in [2.05, 4.69) is 98.2 Å². The van der Waals surface area contributed by atoms with Crippen LogP contribution < -0.4 is 0 Å². The summed E-state index contributed by atoms with van der Waals surface area (Å²) < 4.78 is 0. The van der Waals surface area contributed by atoms with Crippen LogP contribution in [0.1, 0.15) is 44.9 Å². The highest BCUT2D eigenvalue weighted by atomic mass is 15.4. The van der Waals surface area contributed by atoms with Crippen LogP contribution in [0, 0.1) is 0 Å². The molecule has 1 unspecified atom stereocenters. The monoisotopic (exact) mass is 308 g/mol. The second kappa shape index (κ2) is 6.46.